The Hall–Kier alpha value is -1.54. The number of aliphatic hydroxyl groups excluding tert-OH is 1. The number of hydrogen-bond acceptors (Lipinski definition) is 4. The molecule has 0 unspecified atom stereocenters. The van der Waals surface area contributed by atoms with Crippen molar-refractivity contribution in [3.8, 4) is 17.6 Å². The fourth-order valence-corrected chi connectivity index (χ4v) is 1.70. The molecule has 0 fully saturated rings. The van der Waals surface area contributed by atoms with Crippen molar-refractivity contribution in [2.24, 2.45) is 0 Å². The Morgan fingerprint density at radius 1 is 1.32 bits per heavy atom. The molecule has 0 heterocycles. The fraction of sp³-hybridized carbons (Fsp3) is 0.467. The third-order valence-electron chi connectivity index (χ3n) is 2.73. The van der Waals surface area contributed by atoms with Crippen LogP contribution in [0.2, 0.25) is 0 Å². The Balaban J connectivity index is 2.87. The summed E-state index contributed by atoms with van der Waals surface area (Å²) in [5, 5.41) is 8.79. The van der Waals surface area contributed by atoms with Crippen LogP contribution in [-0.2, 0) is 11.3 Å². The number of nitrogens with zero attached hydrogens (tertiary/aromatic N) is 1. The zero-order chi connectivity index (χ0) is 14.1. The molecule has 0 saturated heterocycles. The Morgan fingerprint density at radius 3 is 2.74 bits per heavy atom. The summed E-state index contributed by atoms with van der Waals surface area (Å²) >= 11 is 0. The second kappa shape index (κ2) is 8.54. The maximum Gasteiger partial charge on any atom is 0.119 e. The molecular weight excluding hydrogens is 242 g/mol. The Labute approximate surface area is 114 Å². The minimum Gasteiger partial charge on any atom is -0.497 e. The third-order valence-corrected chi connectivity index (χ3v) is 2.73. The highest BCUT2D eigenvalue weighted by molar-refractivity contribution is 5.45. The summed E-state index contributed by atoms with van der Waals surface area (Å²) in [5.41, 5.74) is 2.00. The van der Waals surface area contributed by atoms with E-state index in [0.29, 0.717) is 6.61 Å². The lowest BCUT2D eigenvalue weighted by molar-refractivity contribution is 0.158. The molecule has 0 aliphatic rings. The molecule has 4 heteroatoms. The van der Waals surface area contributed by atoms with E-state index < -0.39 is 0 Å². The molecule has 104 valence electrons. The highest BCUT2D eigenvalue weighted by atomic mass is 16.5. The molecule has 0 amide bonds. The number of methoxy groups -OCH3 is 2. The van der Waals surface area contributed by atoms with Crippen LogP contribution in [-0.4, -0.2) is 51.0 Å². The zero-order valence-corrected chi connectivity index (χ0v) is 11.8. The highest BCUT2D eigenvalue weighted by Gasteiger charge is 2.06. The van der Waals surface area contributed by atoms with Gasteiger partial charge in [-0.3, -0.25) is 4.90 Å². The van der Waals surface area contributed by atoms with Gasteiger partial charge in [0.05, 0.1) is 13.7 Å². The van der Waals surface area contributed by atoms with Gasteiger partial charge >= 0.3 is 0 Å². The Kier molecular flexibility index (Phi) is 6.98. The van der Waals surface area contributed by atoms with Gasteiger partial charge in [-0.2, -0.15) is 0 Å². The Morgan fingerprint density at radius 2 is 2.11 bits per heavy atom. The smallest absolute Gasteiger partial charge is 0.119 e. The average molecular weight is 263 g/mol. The molecule has 1 N–H and O–H groups in total. The molecule has 0 atom stereocenters. The third kappa shape index (κ3) is 5.31. The number of benzene rings is 1. The van der Waals surface area contributed by atoms with Crippen LogP contribution in [0.4, 0.5) is 0 Å². The van der Waals surface area contributed by atoms with Crippen LogP contribution in [0.1, 0.15) is 11.1 Å². The number of aliphatic hydroxyl groups is 1. The van der Waals surface area contributed by atoms with Crippen LogP contribution in [0.5, 0.6) is 5.75 Å². The summed E-state index contributed by atoms with van der Waals surface area (Å²) in [6, 6.07) is 5.77. The van der Waals surface area contributed by atoms with Crippen LogP contribution in [0.25, 0.3) is 0 Å². The van der Waals surface area contributed by atoms with E-state index in [-0.39, 0.29) is 6.61 Å². The van der Waals surface area contributed by atoms with E-state index in [4.69, 9.17) is 14.6 Å². The van der Waals surface area contributed by atoms with Crippen LogP contribution >= 0.6 is 0 Å². The standard InChI is InChI=1S/C15H21NO3/c1-16(8-10-18-2)12-14-11-15(19-3)7-6-13(14)5-4-9-17/h6-7,11,17H,8-10,12H2,1-3H3. The monoisotopic (exact) mass is 263 g/mol. The first kappa shape index (κ1) is 15.5. The maximum atomic E-state index is 8.79. The van der Waals surface area contributed by atoms with Crippen molar-refractivity contribution < 1.29 is 14.6 Å². The molecule has 19 heavy (non-hydrogen) atoms. The normalized spacial score (nSPS) is 10.2. The number of likely N-dealkylation sites (N-methyl/N-ethyl adjacent to an activating group) is 1. The molecule has 0 saturated carbocycles. The van der Waals surface area contributed by atoms with Gasteiger partial charge in [-0.1, -0.05) is 11.8 Å². The predicted molar refractivity (Wildman–Crippen MR) is 75.2 cm³/mol. The van der Waals surface area contributed by atoms with Crippen LogP contribution in [0.15, 0.2) is 18.2 Å². The van der Waals surface area contributed by atoms with Gasteiger partial charge in [-0.05, 0) is 30.8 Å². The molecule has 0 aliphatic carbocycles. The number of hydrogen-bond donors (Lipinski definition) is 1. The van der Waals surface area contributed by atoms with Gasteiger partial charge in [0.25, 0.3) is 0 Å². The van der Waals surface area contributed by atoms with E-state index >= 15 is 0 Å². The minimum atomic E-state index is -0.134. The molecule has 4 nitrogen and oxygen atoms in total. The van der Waals surface area contributed by atoms with Gasteiger partial charge in [0.1, 0.15) is 12.4 Å². The SMILES string of the molecule is COCCN(C)Cc1cc(OC)ccc1C#CCO. The first-order valence-electron chi connectivity index (χ1n) is 6.15. The predicted octanol–water partition coefficient (Wildman–Crippen LogP) is 1.12. The van der Waals surface area contributed by atoms with E-state index in [9.17, 15) is 0 Å². The van der Waals surface area contributed by atoms with Gasteiger partial charge in [0, 0.05) is 25.8 Å². The Bertz CT molecular complexity index is 448. The first-order valence-corrected chi connectivity index (χ1v) is 6.15. The largest absolute Gasteiger partial charge is 0.497 e. The molecule has 0 aromatic heterocycles. The second-order valence-corrected chi connectivity index (χ2v) is 4.21. The van der Waals surface area contributed by atoms with E-state index in [1.54, 1.807) is 14.2 Å². The summed E-state index contributed by atoms with van der Waals surface area (Å²) in [6.07, 6.45) is 0. The summed E-state index contributed by atoms with van der Waals surface area (Å²) in [6.45, 7) is 2.17. The van der Waals surface area contributed by atoms with Crippen molar-refractivity contribution in [1.29, 1.82) is 0 Å². The van der Waals surface area contributed by atoms with Crippen LogP contribution in [0, 0.1) is 11.8 Å². The summed E-state index contributed by atoms with van der Waals surface area (Å²) in [7, 11) is 5.37. The quantitative estimate of drug-likeness (QED) is 0.781. The van der Waals surface area contributed by atoms with E-state index in [1.165, 1.54) is 0 Å². The van der Waals surface area contributed by atoms with E-state index in [1.807, 2.05) is 25.2 Å². The summed E-state index contributed by atoms with van der Waals surface area (Å²) < 4.78 is 10.3. The highest BCUT2D eigenvalue weighted by Crippen LogP contribution is 2.18. The van der Waals surface area contributed by atoms with Gasteiger partial charge in [0.2, 0.25) is 0 Å². The van der Waals surface area contributed by atoms with Crippen LogP contribution < -0.4 is 4.74 Å². The maximum absolute atomic E-state index is 8.79. The van der Waals surface area contributed by atoms with E-state index in [2.05, 4.69) is 16.7 Å². The number of rotatable bonds is 6. The van der Waals surface area contributed by atoms with Crippen molar-refractivity contribution in [2.45, 2.75) is 6.54 Å². The van der Waals surface area contributed by atoms with Gasteiger partial charge < -0.3 is 14.6 Å². The molecule has 0 bridgehead atoms. The lowest BCUT2D eigenvalue weighted by Gasteiger charge is -2.17. The zero-order valence-electron chi connectivity index (χ0n) is 11.8. The summed E-state index contributed by atoms with van der Waals surface area (Å²) in [4.78, 5) is 2.16. The summed E-state index contributed by atoms with van der Waals surface area (Å²) in [5.74, 6) is 6.45. The van der Waals surface area contributed by atoms with Gasteiger partial charge in [-0.15, -0.1) is 0 Å². The van der Waals surface area contributed by atoms with Crippen molar-refractivity contribution in [1.82, 2.24) is 4.90 Å². The number of ether oxygens (including phenoxy) is 2. The fourth-order valence-electron chi connectivity index (χ4n) is 1.70. The van der Waals surface area contributed by atoms with Crippen molar-refractivity contribution >= 4 is 0 Å². The van der Waals surface area contributed by atoms with Crippen molar-refractivity contribution in [3.63, 3.8) is 0 Å². The topological polar surface area (TPSA) is 41.9 Å². The minimum absolute atomic E-state index is 0.134. The lowest BCUT2D eigenvalue weighted by atomic mass is 10.1. The molecular formula is C15H21NO3. The molecule has 0 spiro atoms. The van der Waals surface area contributed by atoms with Gasteiger partial charge in [0.15, 0.2) is 0 Å². The van der Waals surface area contributed by atoms with Crippen molar-refractivity contribution in [3.05, 3.63) is 29.3 Å². The lowest BCUT2D eigenvalue weighted by Crippen LogP contribution is -2.22. The van der Waals surface area contributed by atoms with E-state index in [0.717, 1.165) is 30.0 Å². The van der Waals surface area contributed by atoms with Crippen LogP contribution in [0.3, 0.4) is 0 Å². The molecule has 0 radical (unpaired) electrons. The second-order valence-electron chi connectivity index (χ2n) is 4.21. The first-order chi connectivity index (χ1) is 9.21. The molecule has 1 rings (SSSR count). The molecule has 1 aromatic rings. The molecule has 1 aromatic carbocycles. The van der Waals surface area contributed by atoms with Gasteiger partial charge in [-0.25, -0.2) is 0 Å². The molecule has 0 aliphatic heterocycles. The average Bonchev–Trinajstić information content (AvgIpc) is 2.43. The van der Waals surface area contributed by atoms with Crippen molar-refractivity contribution in [2.75, 3.05) is 41.0 Å².